The van der Waals surface area contributed by atoms with Gasteiger partial charge in [0, 0.05) is 0 Å². The van der Waals surface area contributed by atoms with Crippen molar-refractivity contribution in [3.8, 4) is 0 Å². The molecule has 2 bridgehead atoms. The summed E-state index contributed by atoms with van der Waals surface area (Å²) in [5.74, 6) is 0. The molecule has 98 valence electrons. The molecule has 3 rings (SSSR count). The number of hydrogen-bond donors (Lipinski definition) is 1. The van der Waals surface area contributed by atoms with Gasteiger partial charge >= 0.3 is 0 Å². The van der Waals surface area contributed by atoms with E-state index in [2.05, 4.69) is 0 Å². The second-order valence-electron chi connectivity index (χ2n) is 5.01. The Balaban J connectivity index is 1.69. The van der Waals surface area contributed by atoms with Crippen LogP contribution in [0.5, 0.6) is 0 Å². The Morgan fingerprint density at radius 3 is 2.83 bits per heavy atom. The van der Waals surface area contributed by atoms with Crippen molar-refractivity contribution < 1.29 is 19.3 Å². The monoisotopic (exact) mass is 250 g/mol. The molecule has 1 N–H and O–H groups in total. The van der Waals surface area contributed by atoms with E-state index in [0.717, 1.165) is 5.56 Å². The van der Waals surface area contributed by atoms with Crippen LogP contribution < -0.4 is 0 Å². The summed E-state index contributed by atoms with van der Waals surface area (Å²) in [6.45, 7) is 3.16. The first-order chi connectivity index (χ1) is 8.72. The standard InChI is InChI=1S/C14H18O4/c1-10(15)14-9-17-12(8-18-14)13(14)16-7-11-5-3-2-4-6-11/h2-6,10,12-13,15H,7-9H2,1H3/t10?,12-,13-,14+/m0/s1. The Labute approximate surface area is 106 Å². The van der Waals surface area contributed by atoms with Gasteiger partial charge in [-0.3, -0.25) is 0 Å². The lowest BCUT2D eigenvalue weighted by atomic mass is 9.93. The van der Waals surface area contributed by atoms with E-state index in [9.17, 15) is 5.11 Å². The van der Waals surface area contributed by atoms with Crippen molar-refractivity contribution in [2.24, 2.45) is 0 Å². The second kappa shape index (κ2) is 4.63. The van der Waals surface area contributed by atoms with Gasteiger partial charge in [-0.05, 0) is 12.5 Å². The van der Waals surface area contributed by atoms with Gasteiger partial charge < -0.3 is 19.3 Å². The van der Waals surface area contributed by atoms with Crippen molar-refractivity contribution >= 4 is 0 Å². The third-order valence-electron chi connectivity index (χ3n) is 3.84. The van der Waals surface area contributed by atoms with Crippen LogP contribution in [0.1, 0.15) is 12.5 Å². The minimum absolute atomic E-state index is 0.0525. The number of fused-ring (bicyclic) bond motifs is 2. The molecule has 1 unspecified atom stereocenters. The molecule has 18 heavy (non-hydrogen) atoms. The number of benzene rings is 1. The van der Waals surface area contributed by atoms with Gasteiger partial charge in [0.25, 0.3) is 0 Å². The van der Waals surface area contributed by atoms with Gasteiger partial charge in [-0.1, -0.05) is 30.3 Å². The normalized spacial score (nSPS) is 35.9. The Bertz CT molecular complexity index is 396. The summed E-state index contributed by atoms with van der Waals surface area (Å²) in [6, 6.07) is 9.99. The maximum absolute atomic E-state index is 9.91. The maximum Gasteiger partial charge on any atom is 0.146 e. The minimum Gasteiger partial charge on any atom is -0.390 e. The molecule has 2 aliphatic heterocycles. The van der Waals surface area contributed by atoms with Crippen LogP contribution in [-0.4, -0.2) is 42.2 Å². The van der Waals surface area contributed by atoms with E-state index in [0.29, 0.717) is 19.8 Å². The third-order valence-corrected chi connectivity index (χ3v) is 3.84. The molecule has 4 heteroatoms. The first-order valence-corrected chi connectivity index (χ1v) is 6.31. The average molecular weight is 250 g/mol. The molecule has 0 aromatic heterocycles. The van der Waals surface area contributed by atoms with Crippen LogP contribution >= 0.6 is 0 Å². The van der Waals surface area contributed by atoms with Gasteiger partial charge in [0.05, 0.1) is 25.9 Å². The summed E-state index contributed by atoms with van der Waals surface area (Å²) in [5.41, 5.74) is 0.434. The number of hydrogen-bond acceptors (Lipinski definition) is 4. The van der Waals surface area contributed by atoms with E-state index in [1.807, 2.05) is 30.3 Å². The Kier molecular flexibility index (Phi) is 3.11. The number of aliphatic hydroxyl groups excluding tert-OH is 1. The minimum atomic E-state index is -0.681. The Hall–Kier alpha value is -0.940. The molecule has 4 atom stereocenters. The summed E-state index contributed by atoms with van der Waals surface area (Å²) in [4.78, 5) is 0. The lowest BCUT2D eigenvalue weighted by Gasteiger charge is -2.32. The topological polar surface area (TPSA) is 47.9 Å². The van der Waals surface area contributed by atoms with Gasteiger partial charge in [-0.25, -0.2) is 0 Å². The molecule has 1 aromatic rings. The van der Waals surface area contributed by atoms with Crippen molar-refractivity contribution in [1.82, 2.24) is 0 Å². The van der Waals surface area contributed by atoms with Crippen LogP contribution in [0.15, 0.2) is 30.3 Å². The lowest BCUT2D eigenvalue weighted by molar-refractivity contribution is -0.158. The summed E-state index contributed by atoms with van der Waals surface area (Å²) >= 11 is 0. The third kappa shape index (κ3) is 1.86. The highest BCUT2D eigenvalue weighted by atomic mass is 16.7. The van der Waals surface area contributed by atoms with Crippen molar-refractivity contribution in [3.63, 3.8) is 0 Å². The fraction of sp³-hybridized carbons (Fsp3) is 0.571. The Morgan fingerprint density at radius 2 is 2.22 bits per heavy atom. The SMILES string of the molecule is CC(O)[C@@]12CO[C@@H](CO1)[C@@H]2OCc1ccccc1. The summed E-state index contributed by atoms with van der Waals surface area (Å²) in [6.07, 6.45) is -0.827. The summed E-state index contributed by atoms with van der Waals surface area (Å²) in [5, 5.41) is 9.91. The fourth-order valence-electron chi connectivity index (χ4n) is 2.71. The molecule has 0 radical (unpaired) electrons. The number of ether oxygens (including phenoxy) is 3. The molecule has 0 amide bonds. The highest BCUT2D eigenvalue weighted by Crippen LogP contribution is 2.40. The summed E-state index contributed by atoms with van der Waals surface area (Å²) in [7, 11) is 0. The molecule has 0 spiro atoms. The molecular formula is C14H18O4. The largest absolute Gasteiger partial charge is 0.390 e. The maximum atomic E-state index is 9.91. The predicted molar refractivity (Wildman–Crippen MR) is 65.1 cm³/mol. The zero-order chi connectivity index (χ0) is 12.6. The first-order valence-electron chi connectivity index (χ1n) is 6.31. The molecule has 4 nitrogen and oxygen atoms in total. The van der Waals surface area contributed by atoms with Crippen LogP contribution in [0.2, 0.25) is 0 Å². The number of rotatable bonds is 4. The quantitative estimate of drug-likeness (QED) is 0.870. The van der Waals surface area contributed by atoms with Crippen LogP contribution in [0.25, 0.3) is 0 Å². The van der Waals surface area contributed by atoms with E-state index in [1.54, 1.807) is 6.92 Å². The molecule has 2 aliphatic rings. The zero-order valence-electron chi connectivity index (χ0n) is 10.4. The Morgan fingerprint density at radius 1 is 1.44 bits per heavy atom. The molecule has 2 fully saturated rings. The average Bonchev–Trinajstić information content (AvgIpc) is 2.93. The van der Waals surface area contributed by atoms with Crippen LogP contribution in [0.3, 0.4) is 0 Å². The van der Waals surface area contributed by atoms with Crippen molar-refractivity contribution in [1.29, 1.82) is 0 Å². The smallest absolute Gasteiger partial charge is 0.146 e. The van der Waals surface area contributed by atoms with Crippen LogP contribution in [0.4, 0.5) is 0 Å². The predicted octanol–water partition coefficient (Wildman–Crippen LogP) is 1.12. The highest BCUT2D eigenvalue weighted by Gasteiger charge is 2.60. The highest BCUT2D eigenvalue weighted by molar-refractivity contribution is 5.14. The van der Waals surface area contributed by atoms with E-state index in [-0.39, 0.29) is 12.2 Å². The second-order valence-corrected chi connectivity index (χ2v) is 5.01. The van der Waals surface area contributed by atoms with Crippen LogP contribution in [-0.2, 0) is 20.8 Å². The molecule has 1 aromatic carbocycles. The van der Waals surface area contributed by atoms with Crippen molar-refractivity contribution in [2.75, 3.05) is 13.2 Å². The van der Waals surface area contributed by atoms with Gasteiger partial charge in [-0.15, -0.1) is 0 Å². The van der Waals surface area contributed by atoms with Crippen molar-refractivity contribution in [2.45, 2.75) is 37.4 Å². The van der Waals surface area contributed by atoms with E-state index < -0.39 is 11.7 Å². The zero-order valence-corrected chi connectivity index (χ0v) is 10.4. The van der Waals surface area contributed by atoms with Crippen molar-refractivity contribution in [3.05, 3.63) is 35.9 Å². The van der Waals surface area contributed by atoms with Gasteiger partial charge in [0.2, 0.25) is 0 Å². The molecule has 2 saturated heterocycles. The first kappa shape index (κ1) is 12.1. The van der Waals surface area contributed by atoms with Gasteiger partial charge in [0.1, 0.15) is 17.8 Å². The lowest BCUT2D eigenvalue weighted by Crippen LogP contribution is -2.50. The fourth-order valence-corrected chi connectivity index (χ4v) is 2.71. The van der Waals surface area contributed by atoms with Crippen LogP contribution in [0, 0.1) is 0 Å². The summed E-state index contributed by atoms with van der Waals surface area (Å²) < 4.78 is 17.2. The van der Waals surface area contributed by atoms with Gasteiger partial charge in [-0.2, -0.15) is 0 Å². The molecule has 0 saturated carbocycles. The molecule has 0 aliphatic carbocycles. The molecular weight excluding hydrogens is 232 g/mol. The van der Waals surface area contributed by atoms with E-state index in [4.69, 9.17) is 14.2 Å². The van der Waals surface area contributed by atoms with Gasteiger partial charge in [0.15, 0.2) is 0 Å². The molecule has 2 heterocycles. The van der Waals surface area contributed by atoms with E-state index >= 15 is 0 Å². The van der Waals surface area contributed by atoms with E-state index in [1.165, 1.54) is 0 Å². The number of aliphatic hydroxyl groups is 1.